The van der Waals surface area contributed by atoms with Gasteiger partial charge in [-0.15, -0.1) is 0 Å². The lowest BCUT2D eigenvalue weighted by Crippen LogP contribution is -2.22. The minimum absolute atomic E-state index is 0.0314. The fourth-order valence-corrected chi connectivity index (χ4v) is 1.09. The smallest absolute Gasteiger partial charge is 0.212 e. The summed E-state index contributed by atoms with van der Waals surface area (Å²) in [6.07, 6.45) is 1.76. The zero-order valence-electron chi connectivity index (χ0n) is 9.38. The van der Waals surface area contributed by atoms with Gasteiger partial charge in [-0.2, -0.15) is 4.98 Å². The van der Waals surface area contributed by atoms with Crippen molar-refractivity contribution in [1.82, 2.24) is 4.98 Å². The van der Waals surface area contributed by atoms with Gasteiger partial charge in [0.25, 0.3) is 0 Å². The van der Waals surface area contributed by atoms with Gasteiger partial charge in [0.05, 0.1) is 6.34 Å². The molecule has 0 amide bonds. The summed E-state index contributed by atoms with van der Waals surface area (Å²) in [4.78, 5) is 10.2. The quantitative estimate of drug-likeness (QED) is 0.607. The summed E-state index contributed by atoms with van der Waals surface area (Å²) in [5, 5.41) is 9.25. The molecule has 4 nitrogen and oxygen atoms in total. The molecule has 0 aliphatic heterocycles. The van der Waals surface area contributed by atoms with E-state index in [1.165, 1.54) is 0 Å². The average Bonchev–Trinajstić information content (AvgIpc) is 2.18. The molecule has 82 valence electrons. The molecule has 0 aliphatic carbocycles. The van der Waals surface area contributed by atoms with Crippen molar-refractivity contribution in [3.63, 3.8) is 0 Å². The van der Waals surface area contributed by atoms with E-state index in [1.54, 1.807) is 18.5 Å². The third kappa shape index (κ3) is 3.58. The average molecular weight is 207 g/mol. The van der Waals surface area contributed by atoms with Crippen LogP contribution in [0.3, 0.4) is 0 Å². The SMILES string of the molecule is CCN(C=NC(C)C)c1cccc(O)n1. The molecular formula is C11H17N3O. The van der Waals surface area contributed by atoms with E-state index in [4.69, 9.17) is 0 Å². The van der Waals surface area contributed by atoms with Crippen molar-refractivity contribution in [1.29, 1.82) is 0 Å². The van der Waals surface area contributed by atoms with Gasteiger partial charge in [-0.3, -0.25) is 4.99 Å². The van der Waals surface area contributed by atoms with Gasteiger partial charge in [0.2, 0.25) is 5.88 Å². The Morgan fingerprint density at radius 1 is 1.53 bits per heavy atom. The molecule has 1 aromatic rings. The van der Waals surface area contributed by atoms with E-state index in [0.717, 1.165) is 6.54 Å². The van der Waals surface area contributed by atoms with Crippen LogP contribution in [0.2, 0.25) is 0 Å². The summed E-state index contributed by atoms with van der Waals surface area (Å²) in [7, 11) is 0. The second kappa shape index (κ2) is 5.34. The Balaban J connectivity index is 2.83. The molecule has 1 N–H and O–H groups in total. The molecule has 1 rings (SSSR count). The number of anilines is 1. The lowest BCUT2D eigenvalue weighted by molar-refractivity contribution is 0.454. The number of aliphatic imine (C=N–C) groups is 1. The predicted molar refractivity (Wildman–Crippen MR) is 62.5 cm³/mol. The zero-order valence-corrected chi connectivity index (χ0v) is 9.38. The molecule has 0 bridgehead atoms. The first-order chi connectivity index (χ1) is 7.13. The van der Waals surface area contributed by atoms with Crippen LogP contribution < -0.4 is 4.90 Å². The highest BCUT2D eigenvalue weighted by molar-refractivity contribution is 5.77. The molecule has 0 spiro atoms. The Morgan fingerprint density at radius 3 is 2.80 bits per heavy atom. The van der Waals surface area contributed by atoms with Gasteiger partial charge in [-0.1, -0.05) is 6.07 Å². The van der Waals surface area contributed by atoms with Crippen LogP contribution in [0.4, 0.5) is 5.82 Å². The van der Waals surface area contributed by atoms with E-state index >= 15 is 0 Å². The summed E-state index contributed by atoms with van der Waals surface area (Å²) >= 11 is 0. The number of hydrogen-bond donors (Lipinski definition) is 1. The molecule has 15 heavy (non-hydrogen) atoms. The van der Waals surface area contributed by atoms with Crippen LogP contribution in [-0.4, -0.2) is 29.0 Å². The predicted octanol–water partition coefficient (Wildman–Crippen LogP) is 2.05. The normalized spacial score (nSPS) is 11.2. The van der Waals surface area contributed by atoms with Crippen molar-refractivity contribution in [2.24, 2.45) is 4.99 Å². The second-order valence-corrected chi connectivity index (χ2v) is 3.50. The van der Waals surface area contributed by atoms with Crippen LogP contribution in [0.5, 0.6) is 5.88 Å². The number of aromatic hydroxyl groups is 1. The van der Waals surface area contributed by atoms with Crippen molar-refractivity contribution < 1.29 is 5.11 Å². The highest BCUT2D eigenvalue weighted by Gasteiger charge is 2.03. The van der Waals surface area contributed by atoms with Crippen LogP contribution >= 0.6 is 0 Å². The Bertz CT molecular complexity index is 336. The number of pyridine rings is 1. The molecule has 4 heteroatoms. The fourth-order valence-electron chi connectivity index (χ4n) is 1.09. The second-order valence-electron chi connectivity index (χ2n) is 3.50. The first-order valence-electron chi connectivity index (χ1n) is 5.09. The monoisotopic (exact) mass is 207 g/mol. The number of nitrogens with zero attached hydrogens (tertiary/aromatic N) is 3. The van der Waals surface area contributed by atoms with Gasteiger partial charge in [0.1, 0.15) is 5.82 Å². The van der Waals surface area contributed by atoms with Gasteiger partial charge >= 0.3 is 0 Å². The maximum atomic E-state index is 9.25. The van der Waals surface area contributed by atoms with Crippen LogP contribution in [0.15, 0.2) is 23.2 Å². The molecule has 0 saturated heterocycles. The lowest BCUT2D eigenvalue weighted by Gasteiger charge is -2.16. The molecule has 0 fully saturated rings. The minimum atomic E-state index is 0.0314. The summed E-state index contributed by atoms with van der Waals surface area (Å²) in [6, 6.07) is 5.42. The summed E-state index contributed by atoms with van der Waals surface area (Å²) in [5.74, 6) is 0.741. The van der Waals surface area contributed by atoms with Crippen molar-refractivity contribution in [3.05, 3.63) is 18.2 Å². The topological polar surface area (TPSA) is 48.7 Å². The van der Waals surface area contributed by atoms with Gasteiger partial charge in [0.15, 0.2) is 0 Å². The molecule has 0 radical (unpaired) electrons. The molecular weight excluding hydrogens is 190 g/mol. The molecule has 0 aliphatic rings. The molecule has 0 aromatic carbocycles. The highest BCUT2D eigenvalue weighted by atomic mass is 16.3. The van der Waals surface area contributed by atoms with E-state index in [1.807, 2.05) is 31.7 Å². The van der Waals surface area contributed by atoms with Crippen LogP contribution in [0.1, 0.15) is 20.8 Å². The number of rotatable bonds is 4. The third-order valence-corrected chi connectivity index (χ3v) is 1.86. The third-order valence-electron chi connectivity index (χ3n) is 1.86. The van der Waals surface area contributed by atoms with Crippen LogP contribution in [0, 0.1) is 0 Å². The van der Waals surface area contributed by atoms with E-state index in [9.17, 15) is 5.11 Å². The van der Waals surface area contributed by atoms with Gasteiger partial charge in [-0.25, -0.2) is 0 Å². The summed E-state index contributed by atoms with van der Waals surface area (Å²) < 4.78 is 0. The Kier molecular flexibility index (Phi) is 4.09. The summed E-state index contributed by atoms with van der Waals surface area (Å²) in [6.45, 7) is 6.81. The van der Waals surface area contributed by atoms with Crippen LogP contribution in [-0.2, 0) is 0 Å². The van der Waals surface area contributed by atoms with Crippen molar-refractivity contribution >= 4 is 12.2 Å². The van der Waals surface area contributed by atoms with E-state index in [-0.39, 0.29) is 11.9 Å². The maximum Gasteiger partial charge on any atom is 0.212 e. The Hall–Kier alpha value is -1.58. The first kappa shape index (κ1) is 11.5. The lowest BCUT2D eigenvalue weighted by atomic mass is 10.4. The van der Waals surface area contributed by atoms with E-state index in [2.05, 4.69) is 9.98 Å². The van der Waals surface area contributed by atoms with Crippen molar-refractivity contribution in [3.8, 4) is 5.88 Å². The molecule has 1 heterocycles. The molecule has 1 aromatic heterocycles. The Morgan fingerprint density at radius 2 is 2.27 bits per heavy atom. The Labute approximate surface area is 90.3 Å². The maximum absolute atomic E-state index is 9.25. The van der Waals surface area contributed by atoms with E-state index in [0.29, 0.717) is 5.82 Å². The highest BCUT2D eigenvalue weighted by Crippen LogP contribution is 2.13. The largest absolute Gasteiger partial charge is 0.493 e. The minimum Gasteiger partial charge on any atom is -0.493 e. The zero-order chi connectivity index (χ0) is 11.3. The van der Waals surface area contributed by atoms with Crippen molar-refractivity contribution in [2.45, 2.75) is 26.8 Å². The number of aromatic nitrogens is 1. The van der Waals surface area contributed by atoms with Crippen LogP contribution in [0.25, 0.3) is 0 Å². The first-order valence-corrected chi connectivity index (χ1v) is 5.09. The van der Waals surface area contributed by atoms with Gasteiger partial charge < -0.3 is 10.0 Å². The number of hydrogen-bond acceptors (Lipinski definition) is 3. The molecule has 0 atom stereocenters. The van der Waals surface area contributed by atoms with E-state index < -0.39 is 0 Å². The molecule has 0 saturated carbocycles. The molecule has 0 unspecified atom stereocenters. The van der Waals surface area contributed by atoms with Crippen molar-refractivity contribution in [2.75, 3.05) is 11.4 Å². The summed E-state index contributed by atoms with van der Waals surface area (Å²) in [5.41, 5.74) is 0. The van der Waals surface area contributed by atoms with Gasteiger partial charge in [-0.05, 0) is 26.8 Å². The standard InChI is InChI=1S/C11H17N3O/c1-4-14(8-12-9(2)3)10-6-5-7-11(15)13-10/h5-9H,4H2,1-3H3,(H,13,15). The fraction of sp³-hybridized carbons (Fsp3) is 0.455. The van der Waals surface area contributed by atoms with Gasteiger partial charge in [0, 0.05) is 18.7 Å².